The standard InChI is InChI=1S/C31H29F2N9O3.2C2HF3O2/c1-40(2)12-3-13-41(17-8-10-36-11-9-17)18-4-5-19(23(32)14-18)20-6-7-21-28(27(20)33)42(38-30(21)37-31(35)44)24-15-22-26(16-25(24)43)45-39-29(22)34;2*3-2(4,5)1(6)7/h4-11,14-16,43H,3,12-13H2,1-2H3,(H2,34,39)(H3,35,37,38,44);2*(H,6,7). The zero-order valence-corrected chi connectivity index (χ0v) is 30.3. The van der Waals surface area contributed by atoms with Crippen LogP contribution in [0.5, 0.6) is 5.75 Å². The van der Waals surface area contributed by atoms with Crippen LogP contribution < -0.4 is 21.7 Å². The molecule has 59 heavy (non-hydrogen) atoms. The van der Waals surface area contributed by atoms with E-state index in [1.165, 1.54) is 36.4 Å². The third-order valence-electron chi connectivity index (χ3n) is 7.85. The number of phenolic OH excluding ortho intramolecular Hbond substituents is 1. The van der Waals surface area contributed by atoms with Crippen molar-refractivity contribution in [2.45, 2.75) is 18.8 Å². The Morgan fingerprint density at radius 2 is 1.44 bits per heavy atom. The molecule has 0 spiro atoms. The first-order valence-electron chi connectivity index (χ1n) is 16.4. The number of nitrogens with zero attached hydrogens (tertiary/aromatic N) is 6. The van der Waals surface area contributed by atoms with Gasteiger partial charge < -0.3 is 41.1 Å². The van der Waals surface area contributed by atoms with Gasteiger partial charge in [-0.15, -0.1) is 5.10 Å². The van der Waals surface area contributed by atoms with Gasteiger partial charge in [0.2, 0.25) is 0 Å². The minimum Gasteiger partial charge on any atom is -0.506 e. The number of nitrogens with two attached hydrogens (primary N) is 2. The topological polar surface area (TPSA) is 239 Å². The van der Waals surface area contributed by atoms with Crippen LogP contribution in [0.15, 0.2) is 71.5 Å². The number of hydrogen-bond donors (Lipinski definition) is 6. The number of pyridine rings is 1. The fraction of sp³-hybridized carbons (Fsp3) is 0.200. The van der Waals surface area contributed by atoms with Crippen LogP contribution in [0.25, 0.3) is 38.7 Å². The number of carbonyl (C=O) groups excluding carboxylic acids is 1. The van der Waals surface area contributed by atoms with E-state index in [2.05, 4.69) is 25.5 Å². The molecule has 3 aromatic carbocycles. The molecule has 6 rings (SSSR count). The van der Waals surface area contributed by atoms with Crippen molar-refractivity contribution in [3.05, 3.63) is 78.6 Å². The quantitative estimate of drug-likeness (QED) is 0.0838. The summed E-state index contributed by atoms with van der Waals surface area (Å²) in [6.07, 6.45) is -6.02. The Bertz CT molecular complexity index is 2450. The smallest absolute Gasteiger partial charge is 0.490 e. The van der Waals surface area contributed by atoms with Crippen LogP contribution in [0.1, 0.15) is 6.42 Å². The highest BCUT2D eigenvalue weighted by Gasteiger charge is 2.39. The summed E-state index contributed by atoms with van der Waals surface area (Å²) in [6.45, 7) is 1.44. The SMILES string of the molecule is CN(C)CCCN(c1ccncc1)c1ccc(-c2ccc3c(NC(N)=O)nn(-c4cc5c(N)noc5cc4O)c3c2F)c(F)c1.O=C(O)C(F)(F)F.O=C(O)C(F)(F)F. The number of halogens is 8. The Balaban J connectivity index is 0.000000471. The molecule has 0 fully saturated rings. The highest BCUT2D eigenvalue weighted by molar-refractivity contribution is 6.01. The highest BCUT2D eigenvalue weighted by Crippen LogP contribution is 2.39. The normalized spacial score (nSPS) is 11.4. The van der Waals surface area contributed by atoms with Gasteiger partial charge in [0.25, 0.3) is 0 Å². The molecule has 24 heteroatoms. The lowest BCUT2D eigenvalue weighted by Gasteiger charge is -2.26. The van der Waals surface area contributed by atoms with E-state index in [1.54, 1.807) is 18.5 Å². The second-order valence-corrected chi connectivity index (χ2v) is 12.3. The van der Waals surface area contributed by atoms with E-state index in [4.69, 9.17) is 35.8 Å². The minimum atomic E-state index is -5.08. The van der Waals surface area contributed by atoms with Crippen LogP contribution in [-0.2, 0) is 9.59 Å². The van der Waals surface area contributed by atoms with Crippen molar-refractivity contribution >= 4 is 62.9 Å². The number of aliphatic carboxylic acids is 2. The van der Waals surface area contributed by atoms with Gasteiger partial charge >= 0.3 is 30.3 Å². The molecule has 8 N–H and O–H groups in total. The fourth-order valence-electron chi connectivity index (χ4n) is 5.28. The number of amides is 2. The molecule has 0 bridgehead atoms. The first-order chi connectivity index (χ1) is 27.5. The molecule has 16 nitrogen and oxygen atoms in total. The van der Waals surface area contributed by atoms with E-state index in [0.717, 1.165) is 23.3 Å². The fourth-order valence-corrected chi connectivity index (χ4v) is 5.28. The van der Waals surface area contributed by atoms with Crippen LogP contribution in [0.2, 0.25) is 0 Å². The van der Waals surface area contributed by atoms with Gasteiger partial charge in [-0.1, -0.05) is 11.2 Å². The first-order valence-corrected chi connectivity index (χ1v) is 16.4. The zero-order valence-electron chi connectivity index (χ0n) is 30.3. The molecular formula is C35H31F8N9O7. The van der Waals surface area contributed by atoms with Crippen molar-refractivity contribution in [3.8, 4) is 22.6 Å². The Hall–Kier alpha value is -7.24. The summed E-state index contributed by atoms with van der Waals surface area (Å²) < 4.78 is 102. The predicted octanol–water partition coefficient (Wildman–Crippen LogP) is 6.64. The monoisotopic (exact) mass is 841 g/mol. The average Bonchev–Trinajstić information content (AvgIpc) is 3.69. The van der Waals surface area contributed by atoms with Crippen molar-refractivity contribution in [1.82, 2.24) is 24.8 Å². The number of aromatic hydroxyl groups is 1. The van der Waals surface area contributed by atoms with Crippen LogP contribution in [0, 0.1) is 11.6 Å². The van der Waals surface area contributed by atoms with Crippen LogP contribution in [-0.4, -0.2) is 97.6 Å². The molecule has 3 aromatic heterocycles. The summed E-state index contributed by atoms with van der Waals surface area (Å²) in [5, 5.41) is 35.9. The largest absolute Gasteiger partial charge is 0.506 e. The van der Waals surface area contributed by atoms with E-state index in [1.807, 2.05) is 31.1 Å². The summed E-state index contributed by atoms with van der Waals surface area (Å²) in [4.78, 5) is 37.7. The minimum absolute atomic E-state index is 0.00114. The number of carboxylic acids is 2. The number of alkyl halides is 6. The number of nitrogens with one attached hydrogen (secondary N) is 1. The highest BCUT2D eigenvalue weighted by atomic mass is 19.4. The van der Waals surface area contributed by atoms with Gasteiger partial charge in [-0.3, -0.25) is 10.3 Å². The Morgan fingerprint density at radius 1 is 0.847 bits per heavy atom. The van der Waals surface area contributed by atoms with Crippen molar-refractivity contribution in [2.75, 3.05) is 43.1 Å². The van der Waals surface area contributed by atoms with E-state index in [9.17, 15) is 36.2 Å². The lowest BCUT2D eigenvalue weighted by Crippen LogP contribution is -2.23. The van der Waals surface area contributed by atoms with Gasteiger partial charge in [0.15, 0.2) is 23.0 Å². The third-order valence-corrected chi connectivity index (χ3v) is 7.85. The summed E-state index contributed by atoms with van der Waals surface area (Å²) in [5.74, 6) is -7.37. The lowest BCUT2D eigenvalue weighted by molar-refractivity contribution is -0.193. The maximum Gasteiger partial charge on any atom is 0.490 e. The Morgan fingerprint density at radius 3 is 1.98 bits per heavy atom. The molecule has 0 saturated carbocycles. The molecule has 0 unspecified atom stereocenters. The van der Waals surface area contributed by atoms with Gasteiger partial charge in [0.05, 0.1) is 5.39 Å². The number of carbonyl (C=O) groups is 3. The maximum atomic E-state index is 16.5. The summed E-state index contributed by atoms with van der Waals surface area (Å²) in [5.41, 5.74) is 12.7. The second kappa shape index (κ2) is 17.9. The lowest BCUT2D eigenvalue weighted by atomic mass is 10.0. The molecule has 0 saturated heterocycles. The third kappa shape index (κ3) is 10.8. The molecule has 2 amide bonds. The number of nitrogen functional groups attached to an aromatic ring is 1. The Kier molecular flexibility index (Phi) is 13.5. The molecule has 0 aliphatic carbocycles. The Labute approximate surface area is 325 Å². The second-order valence-electron chi connectivity index (χ2n) is 12.3. The first kappa shape index (κ1) is 44.5. The van der Waals surface area contributed by atoms with Crippen LogP contribution >= 0.6 is 0 Å². The van der Waals surface area contributed by atoms with E-state index >= 15 is 8.78 Å². The van der Waals surface area contributed by atoms with Gasteiger partial charge in [0.1, 0.15) is 22.8 Å². The summed E-state index contributed by atoms with van der Waals surface area (Å²) in [6, 6.07) is 12.9. The van der Waals surface area contributed by atoms with Crippen molar-refractivity contribution in [3.63, 3.8) is 0 Å². The molecule has 6 aromatic rings. The van der Waals surface area contributed by atoms with Crippen LogP contribution in [0.3, 0.4) is 0 Å². The van der Waals surface area contributed by atoms with Crippen molar-refractivity contribution in [2.24, 2.45) is 5.73 Å². The molecule has 314 valence electrons. The number of primary amides is 1. The average molecular weight is 842 g/mol. The van der Waals surface area contributed by atoms with Crippen molar-refractivity contribution < 1.29 is 69.3 Å². The molecule has 0 radical (unpaired) electrons. The van der Waals surface area contributed by atoms with E-state index in [0.29, 0.717) is 17.6 Å². The number of urea groups is 1. The molecule has 0 atom stereocenters. The number of carboxylic acid groups (broad SMARTS) is 2. The van der Waals surface area contributed by atoms with E-state index in [-0.39, 0.29) is 50.7 Å². The number of benzene rings is 3. The number of hydrogen-bond acceptors (Lipinski definition) is 11. The number of fused-ring (bicyclic) bond motifs is 2. The number of phenols is 1. The summed E-state index contributed by atoms with van der Waals surface area (Å²) in [7, 11) is 3.97. The zero-order chi connectivity index (χ0) is 44.0. The van der Waals surface area contributed by atoms with Gasteiger partial charge in [-0.25, -0.2) is 27.8 Å². The maximum absolute atomic E-state index is 16.5. The van der Waals surface area contributed by atoms with Gasteiger partial charge in [0, 0.05) is 52.9 Å². The molecular weight excluding hydrogens is 810 g/mol. The predicted molar refractivity (Wildman–Crippen MR) is 195 cm³/mol. The molecule has 3 heterocycles. The molecule has 0 aliphatic heterocycles. The number of anilines is 4. The van der Waals surface area contributed by atoms with Crippen molar-refractivity contribution in [1.29, 1.82) is 0 Å². The summed E-state index contributed by atoms with van der Waals surface area (Å²) >= 11 is 0. The molecule has 0 aliphatic rings. The van der Waals surface area contributed by atoms with Gasteiger partial charge in [-0.2, -0.15) is 26.3 Å². The van der Waals surface area contributed by atoms with E-state index < -0.39 is 42.0 Å². The number of rotatable bonds is 9. The van der Waals surface area contributed by atoms with Crippen LogP contribution in [0.4, 0.5) is 62.9 Å². The number of aromatic nitrogens is 4. The van der Waals surface area contributed by atoms with Gasteiger partial charge in [-0.05, 0) is 69.5 Å².